The second-order valence-corrected chi connectivity index (χ2v) is 5.83. The van der Waals surface area contributed by atoms with Crippen LogP contribution in [0.25, 0.3) is 0 Å². The third kappa shape index (κ3) is 4.25. The van der Waals surface area contributed by atoms with Crippen molar-refractivity contribution in [2.75, 3.05) is 13.1 Å². The molecular formula is C16H24F2N2. The number of likely N-dealkylation sites (tertiary alicyclic amines) is 1. The topological polar surface area (TPSA) is 15.3 Å². The molecule has 0 aromatic heterocycles. The van der Waals surface area contributed by atoms with Crippen molar-refractivity contribution in [3.63, 3.8) is 0 Å². The summed E-state index contributed by atoms with van der Waals surface area (Å²) >= 11 is 0. The Bertz CT molecular complexity index is 395. The van der Waals surface area contributed by atoms with Crippen LogP contribution in [-0.4, -0.2) is 30.1 Å². The van der Waals surface area contributed by atoms with Gasteiger partial charge in [0.1, 0.15) is 0 Å². The number of halogens is 2. The van der Waals surface area contributed by atoms with Crippen LogP contribution in [0, 0.1) is 0 Å². The molecule has 4 heteroatoms. The van der Waals surface area contributed by atoms with Gasteiger partial charge in [-0.3, -0.25) is 0 Å². The maximum Gasteiger partial charge on any atom is 0.263 e. The van der Waals surface area contributed by atoms with E-state index in [1.54, 1.807) is 12.1 Å². The molecule has 0 unspecified atom stereocenters. The molecule has 0 aliphatic carbocycles. The average molecular weight is 282 g/mol. The first-order chi connectivity index (χ1) is 9.56. The van der Waals surface area contributed by atoms with Gasteiger partial charge in [0.25, 0.3) is 6.43 Å². The molecule has 1 aliphatic heterocycles. The van der Waals surface area contributed by atoms with Crippen LogP contribution in [-0.2, 0) is 6.54 Å². The number of alkyl halides is 2. The number of piperidine rings is 1. The quantitative estimate of drug-likeness (QED) is 0.888. The Labute approximate surface area is 120 Å². The van der Waals surface area contributed by atoms with Crippen LogP contribution in [0.15, 0.2) is 24.3 Å². The van der Waals surface area contributed by atoms with E-state index in [1.165, 1.54) is 12.1 Å². The summed E-state index contributed by atoms with van der Waals surface area (Å²) in [7, 11) is 0. The third-order valence-corrected chi connectivity index (χ3v) is 4.09. The molecule has 1 fully saturated rings. The molecule has 1 N–H and O–H groups in total. The smallest absolute Gasteiger partial charge is 0.263 e. The molecule has 0 radical (unpaired) electrons. The molecule has 1 aromatic carbocycles. The van der Waals surface area contributed by atoms with E-state index in [1.807, 2.05) is 0 Å². The van der Waals surface area contributed by atoms with Gasteiger partial charge >= 0.3 is 0 Å². The minimum Gasteiger partial charge on any atom is -0.310 e. The zero-order chi connectivity index (χ0) is 14.5. The molecule has 1 aliphatic rings. The number of nitrogens with zero attached hydrogens (tertiary/aromatic N) is 1. The molecule has 0 saturated carbocycles. The van der Waals surface area contributed by atoms with Crippen LogP contribution in [0.2, 0.25) is 0 Å². The first kappa shape index (κ1) is 15.4. The van der Waals surface area contributed by atoms with Gasteiger partial charge in [0, 0.05) is 24.2 Å². The van der Waals surface area contributed by atoms with E-state index in [2.05, 4.69) is 24.1 Å². The Morgan fingerprint density at radius 2 is 1.75 bits per heavy atom. The number of rotatable bonds is 5. The van der Waals surface area contributed by atoms with Gasteiger partial charge in [0.2, 0.25) is 0 Å². The summed E-state index contributed by atoms with van der Waals surface area (Å²) < 4.78 is 24.9. The van der Waals surface area contributed by atoms with Crippen LogP contribution in [0.5, 0.6) is 0 Å². The molecule has 2 rings (SSSR count). The van der Waals surface area contributed by atoms with E-state index in [0.717, 1.165) is 38.0 Å². The summed E-state index contributed by atoms with van der Waals surface area (Å²) in [6.45, 7) is 7.51. The van der Waals surface area contributed by atoms with Crippen molar-refractivity contribution < 1.29 is 8.78 Å². The fraction of sp³-hybridized carbons (Fsp3) is 0.625. The highest BCUT2D eigenvalue weighted by atomic mass is 19.3. The Hall–Kier alpha value is -1.00. The van der Waals surface area contributed by atoms with E-state index in [9.17, 15) is 8.78 Å². The molecule has 2 nitrogen and oxygen atoms in total. The molecule has 0 amide bonds. The summed E-state index contributed by atoms with van der Waals surface area (Å²) in [6, 6.07) is 7.78. The minimum atomic E-state index is -2.38. The minimum absolute atomic E-state index is 0.0963. The molecule has 0 atom stereocenters. The van der Waals surface area contributed by atoms with E-state index in [4.69, 9.17) is 0 Å². The fourth-order valence-electron chi connectivity index (χ4n) is 2.66. The highest BCUT2D eigenvalue weighted by molar-refractivity contribution is 5.23. The molecule has 112 valence electrons. The molecule has 1 heterocycles. The van der Waals surface area contributed by atoms with Crippen molar-refractivity contribution in [1.29, 1.82) is 0 Å². The van der Waals surface area contributed by atoms with Gasteiger partial charge in [-0.05, 0) is 45.3 Å². The van der Waals surface area contributed by atoms with Crippen LogP contribution < -0.4 is 5.32 Å². The lowest BCUT2D eigenvalue weighted by molar-refractivity contribution is 0.151. The van der Waals surface area contributed by atoms with Crippen molar-refractivity contribution in [2.24, 2.45) is 0 Å². The predicted molar refractivity (Wildman–Crippen MR) is 78.0 cm³/mol. The summed E-state index contributed by atoms with van der Waals surface area (Å²) in [6.07, 6.45) is -0.0574. The second kappa shape index (κ2) is 7.14. The monoisotopic (exact) mass is 282 g/mol. The summed E-state index contributed by atoms with van der Waals surface area (Å²) in [4.78, 5) is 2.50. The van der Waals surface area contributed by atoms with Crippen molar-refractivity contribution in [3.05, 3.63) is 35.4 Å². The lowest BCUT2D eigenvalue weighted by atomic mass is 10.0. The Kier molecular flexibility index (Phi) is 5.49. The Morgan fingerprint density at radius 3 is 2.25 bits per heavy atom. The fourth-order valence-corrected chi connectivity index (χ4v) is 2.66. The van der Waals surface area contributed by atoms with Gasteiger partial charge in [0.05, 0.1) is 0 Å². The number of benzene rings is 1. The second-order valence-electron chi connectivity index (χ2n) is 5.83. The van der Waals surface area contributed by atoms with Crippen LogP contribution >= 0.6 is 0 Å². The molecule has 1 saturated heterocycles. The maximum absolute atomic E-state index is 12.5. The van der Waals surface area contributed by atoms with E-state index in [-0.39, 0.29) is 5.56 Å². The SMILES string of the molecule is CC(C)N1CCC(NCc2ccc(C(F)F)cc2)CC1. The van der Waals surface area contributed by atoms with Gasteiger partial charge in [-0.25, -0.2) is 8.78 Å². The molecule has 20 heavy (non-hydrogen) atoms. The van der Waals surface area contributed by atoms with Gasteiger partial charge in [-0.15, -0.1) is 0 Å². The molecule has 0 bridgehead atoms. The first-order valence-electron chi connectivity index (χ1n) is 7.40. The third-order valence-electron chi connectivity index (χ3n) is 4.09. The van der Waals surface area contributed by atoms with Crippen molar-refractivity contribution in [3.8, 4) is 0 Å². The van der Waals surface area contributed by atoms with Gasteiger partial charge in [-0.1, -0.05) is 24.3 Å². The van der Waals surface area contributed by atoms with E-state index >= 15 is 0 Å². The van der Waals surface area contributed by atoms with Crippen molar-refractivity contribution >= 4 is 0 Å². The zero-order valence-corrected chi connectivity index (χ0v) is 12.3. The molecule has 0 spiro atoms. The van der Waals surface area contributed by atoms with Crippen molar-refractivity contribution in [2.45, 2.75) is 51.7 Å². The van der Waals surface area contributed by atoms with Crippen LogP contribution in [0.3, 0.4) is 0 Å². The van der Waals surface area contributed by atoms with Crippen LogP contribution in [0.4, 0.5) is 8.78 Å². The largest absolute Gasteiger partial charge is 0.310 e. The number of hydrogen-bond acceptors (Lipinski definition) is 2. The maximum atomic E-state index is 12.5. The highest BCUT2D eigenvalue weighted by Gasteiger charge is 2.20. The van der Waals surface area contributed by atoms with E-state index in [0.29, 0.717) is 12.1 Å². The normalized spacial score (nSPS) is 18.1. The van der Waals surface area contributed by atoms with Gasteiger partial charge in [0.15, 0.2) is 0 Å². The van der Waals surface area contributed by atoms with Gasteiger partial charge in [-0.2, -0.15) is 0 Å². The van der Waals surface area contributed by atoms with Crippen molar-refractivity contribution in [1.82, 2.24) is 10.2 Å². The lowest BCUT2D eigenvalue weighted by Gasteiger charge is -2.35. The first-order valence-corrected chi connectivity index (χ1v) is 7.40. The highest BCUT2D eigenvalue weighted by Crippen LogP contribution is 2.19. The van der Waals surface area contributed by atoms with Gasteiger partial charge < -0.3 is 10.2 Å². The zero-order valence-electron chi connectivity index (χ0n) is 12.3. The Balaban J connectivity index is 1.76. The van der Waals surface area contributed by atoms with Crippen LogP contribution in [0.1, 0.15) is 44.2 Å². The average Bonchev–Trinajstić information content (AvgIpc) is 2.46. The molecular weight excluding hydrogens is 258 g/mol. The standard InChI is InChI=1S/C16H24F2N2/c1-12(2)20-9-7-15(8-10-20)19-11-13-3-5-14(6-4-13)16(17)18/h3-6,12,15-16,19H,7-11H2,1-2H3. The Morgan fingerprint density at radius 1 is 1.15 bits per heavy atom. The van der Waals surface area contributed by atoms with E-state index < -0.39 is 6.43 Å². The predicted octanol–water partition coefficient (Wildman–Crippen LogP) is 3.59. The summed E-state index contributed by atoms with van der Waals surface area (Å²) in [5.41, 5.74) is 1.17. The molecule has 1 aromatic rings. The number of nitrogens with one attached hydrogen (secondary N) is 1. The summed E-state index contributed by atoms with van der Waals surface area (Å²) in [5, 5.41) is 3.53. The lowest BCUT2D eigenvalue weighted by Crippen LogP contribution is -2.44. The summed E-state index contributed by atoms with van der Waals surface area (Å²) in [5.74, 6) is 0. The number of hydrogen-bond donors (Lipinski definition) is 1.